The van der Waals surface area contributed by atoms with E-state index in [1.165, 1.54) is 0 Å². The third-order valence-electron chi connectivity index (χ3n) is 7.54. The summed E-state index contributed by atoms with van der Waals surface area (Å²) in [4.78, 5) is 43.3. The van der Waals surface area contributed by atoms with E-state index in [0.717, 1.165) is 33.4 Å². The van der Waals surface area contributed by atoms with Gasteiger partial charge in [-0.05, 0) is 57.6 Å². The van der Waals surface area contributed by atoms with Crippen molar-refractivity contribution in [2.75, 3.05) is 14.2 Å². The average molecular weight is 581 g/mol. The summed E-state index contributed by atoms with van der Waals surface area (Å²) >= 11 is 0. The lowest BCUT2D eigenvalue weighted by Gasteiger charge is -2.22. The molecule has 43 heavy (non-hydrogen) atoms. The maximum absolute atomic E-state index is 13.2. The highest BCUT2D eigenvalue weighted by Crippen LogP contribution is 2.46. The van der Waals surface area contributed by atoms with Gasteiger partial charge in [0, 0.05) is 5.92 Å². The monoisotopic (exact) mass is 580 g/mol. The molecular formula is C34H32N2O7. The Morgan fingerprint density at radius 1 is 0.744 bits per heavy atom. The number of hydrogen-bond donors (Lipinski definition) is 3. The molecule has 1 aliphatic rings. The SMILES string of the molecule is COc1ccc(C(NC(=O)C[C@H](NOC(=O)CC2c3ccccc3-c3ccccc32)C(=O)O)c2ccc(OC)cc2)cc1. The van der Waals surface area contributed by atoms with Gasteiger partial charge in [-0.3, -0.25) is 14.4 Å². The number of ether oxygens (including phenoxy) is 2. The van der Waals surface area contributed by atoms with Crippen LogP contribution in [0, 0.1) is 0 Å². The lowest BCUT2D eigenvalue weighted by molar-refractivity contribution is -0.159. The average Bonchev–Trinajstić information content (AvgIpc) is 3.35. The Hall–Kier alpha value is -5.15. The molecule has 0 aliphatic heterocycles. The molecule has 0 heterocycles. The van der Waals surface area contributed by atoms with Crippen molar-refractivity contribution in [3.63, 3.8) is 0 Å². The predicted molar refractivity (Wildman–Crippen MR) is 160 cm³/mol. The first kappa shape index (κ1) is 29.3. The van der Waals surface area contributed by atoms with E-state index in [1.807, 2.05) is 72.8 Å². The van der Waals surface area contributed by atoms with Crippen molar-refractivity contribution in [3.05, 3.63) is 119 Å². The van der Waals surface area contributed by atoms with Crippen molar-refractivity contribution >= 4 is 17.8 Å². The van der Waals surface area contributed by atoms with E-state index in [0.29, 0.717) is 11.5 Å². The number of amides is 1. The van der Waals surface area contributed by atoms with Crippen LogP contribution in [0.5, 0.6) is 11.5 Å². The first-order valence-electron chi connectivity index (χ1n) is 13.8. The van der Waals surface area contributed by atoms with Gasteiger partial charge in [-0.1, -0.05) is 72.8 Å². The normalized spacial score (nSPS) is 12.6. The predicted octanol–water partition coefficient (Wildman–Crippen LogP) is 5.00. The molecule has 220 valence electrons. The largest absolute Gasteiger partial charge is 0.497 e. The summed E-state index contributed by atoms with van der Waals surface area (Å²) in [6, 6.07) is 28.1. The number of aliphatic carboxylic acids is 1. The van der Waals surface area contributed by atoms with Gasteiger partial charge >= 0.3 is 11.9 Å². The minimum Gasteiger partial charge on any atom is -0.497 e. The number of carbonyl (C=O) groups is 3. The van der Waals surface area contributed by atoms with Crippen LogP contribution in [0.2, 0.25) is 0 Å². The molecule has 0 unspecified atom stereocenters. The molecule has 9 heteroatoms. The van der Waals surface area contributed by atoms with Crippen LogP contribution in [0.3, 0.4) is 0 Å². The molecular weight excluding hydrogens is 548 g/mol. The summed E-state index contributed by atoms with van der Waals surface area (Å²) in [6.45, 7) is 0. The fraction of sp³-hybridized carbons (Fsp3) is 0.206. The summed E-state index contributed by atoms with van der Waals surface area (Å²) in [5.74, 6) is -1.41. The van der Waals surface area contributed by atoms with Crippen molar-refractivity contribution in [3.8, 4) is 22.6 Å². The van der Waals surface area contributed by atoms with E-state index in [9.17, 15) is 19.5 Å². The van der Waals surface area contributed by atoms with Crippen LogP contribution in [0.15, 0.2) is 97.1 Å². The summed E-state index contributed by atoms with van der Waals surface area (Å²) in [6.07, 6.45) is -0.461. The lowest BCUT2D eigenvalue weighted by atomic mass is 9.94. The van der Waals surface area contributed by atoms with Crippen LogP contribution >= 0.6 is 0 Å². The van der Waals surface area contributed by atoms with Crippen LogP contribution in [0.25, 0.3) is 11.1 Å². The molecule has 1 aliphatic carbocycles. The van der Waals surface area contributed by atoms with Crippen LogP contribution in [-0.4, -0.2) is 43.2 Å². The topological polar surface area (TPSA) is 123 Å². The zero-order valence-corrected chi connectivity index (χ0v) is 23.8. The second-order valence-corrected chi connectivity index (χ2v) is 10.2. The number of carboxylic acids is 1. The molecule has 0 spiro atoms. The molecule has 9 nitrogen and oxygen atoms in total. The Kier molecular flexibility index (Phi) is 9.02. The van der Waals surface area contributed by atoms with Crippen molar-refractivity contribution < 1.29 is 33.8 Å². The minimum atomic E-state index is -1.46. The molecule has 0 saturated carbocycles. The maximum Gasteiger partial charge on any atom is 0.325 e. The Morgan fingerprint density at radius 2 is 1.23 bits per heavy atom. The van der Waals surface area contributed by atoms with Crippen LogP contribution in [0.1, 0.15) is 47.1 Å². The van der Waals surface area contributed by atoms with E-state index in [4.69, 9.17) is 14.3 Å². The highest BCUT2D eigenvalue weighted by Gasteiger charge is 2.31. The minimum absolute atomic E-state index is 0.0105. The number of carboxylic acid groups (broad SMARTS) is 1. The molecule has 4 aromatic rings. The number of nitrogens with one attached hydrogen (secondary N) is 2. The van der Waals surface area contributed by atoms with E-state index in [2.05, 4.69) is 10.8 Å². The first-order chi connectivity index (χ1) is 20.9. The number of methoxy groups -OCH3 is 2. The van der Waals surface area contributed by atoms with Gasteiger partial charge in [0.15, 0.2) is 0 Å². The Bertz CT molecular complexity index is 1510. The molecule has 0 saturated heterocycles. The molecule has 4 aromatic carbocycles. The summed E-state index contributed by atoms with van der Waals surface area (Å²) in [5, 5.41) is 12.7. The summed E-state index contributed by atoms with van der Waals surface area (Å²) in [7, 11) is 3.13. The van der Waals surface area contributed by atoms with E-state index < -0.39 is 36.4 Å². The fourth-order valence-corrected chi connectivity index (χ4v) is 5.36. The zero-order valence-electron chi connectivity index (χ0n) is 23.8. The lowest BCUT2D eigenvalue weighted by Crippen LogP contribution is -2.43. The van der Waals surface area contributed by atoms with Gasteiger partial charge < -0.3 is 24.7 Å². The number of hydroxylamine groups is 1. The molecule has 0 radical (unpaired) electrons. The maximum atomic E-state index is 13.2. The molecule has 5 rings (SSSR count). The summed E-state index contributed by atoms with van der Waals surface area (Å²) in [5.41, 5.74) is 7.99. The third kappa shape index (κ3) is 6.68. The van der Waals surface area contributed by atoms with Gasteiger partial charge in [0.25, 0.3) is 0 Å². The number of benzene rings is 4. The standard InChI is InChI=1S/C34H32N2O7/c1-41-23-15-11-21(12-16-23)33(22-13-17-24(42-2)18-14-22)35-31(37)20-30(34(39)40)36-43-32(38)19-29-27-9-5-3-7-25(27)26-8-4-6-10-28(26)29/h3-18,29-30,33,36H,19-20H2,1-2H3,(H,35,37)(H,39,40)/t30-/m0/s1. The quantitative estimate of drug-likeness (QED) is 0.200. The Morgan fingerprint density at radius 3 is 1.70 bits per heavy atom. The van der Waals surface area contributed by atoms with Crippen molar-refractivity contribution in [1.82, 2.24) is 10.8 Å². The zero-order chi connectivity index (χ0) is 30.3. The van der Waals surface area contributed by atoms with E-state index >= 15 is 0 Å². The molecule has 0 bridgehead atoms. The van der Waals surface area contributed by atoms with Gasteiger partial charge in [0.1, 0.15) is 17.5 Å². The third-order valence-corrected chi connectivity index (χ3v) is 7.54. The van der Waals surface area contributed by atoms with Crippen molar-refractivity contribution in [2.24, 2.45) is 0 Å². The van der Waals surface area contributed by atoms with Gasteiger partial charge in [0.05, 0.1) is 33.1 Å². The molecule has 1 amide bonds. The van der Waals surface area contributed by atoms with Gasteiger partial charge in [-0.15, -0.1) is 5.48 Å². The number of fused-ring (bicyclic) bond motifs is 3. The molecule has 0 fully saturated rings. The molecule has 3 N–H and O–H groups in total. The van der Waals surface area contributed by atoms with Gasteiger partial charge in [-0.25, -0.2) is 0 Å². The Balaban J connectivity index is 1.25. The molecule has 1 atom stereocenters. The van der Waals surface area contributed by atoms with Crippen LogP contribution in [-0.2, 0) is 19.2 Å². The van der Waals surface area contributed by atoms with E-state index in [1.54, 1.807) is 38.5 Å². The van der Waals surface area contributed by atoms with Crippen molar-refractivity contribution in [1.29, 1.82) is 0 Å². The first-order valence-corrected chi connectivity index (χ1v) is 13.8. The van der Waals surface area contributed by atoms with Gasteiger partial charge in [-0.2, -0.15) is 0 Å². The van der Waals surface area contributed by atoms with Gasteiger partial charge in [0.2, 0.25) is 5.91 Å². The number of hydrogen-bond acceptors (Lipinski definition) is 7. The van der Waals surface area contributed by atoms with Crippen molar-refractivity contribution in [2.45, 2.75) is 30.8 Å². The van der Waals surface area contributed by atoms with E-state index in [-0.39, 0.29) is 12.3 Å². The summed E-state index contributed by atoms with van der Waals surface area (Å²) < 4.78 is 10.5. The molecule has 0 aromatic heterocycles. The smallest absolute Gasteiger partial charge is 0.325 e. The second-order valence-electron chi connectivity index (χ2n) is 10.2. The van der Waals surface area contributed by atoms with Crippen LogP contribution < -0.4 is 20.3 Å². The number of rotatable bonds is 12. The highest BCUT2D eigenvalue weighted by molar-refractivity contribution is 5.85. The Labute approximate surface area is 249 Å². The van der Waals surface area contributed by atoms with Crippen LogP contribution in [0.4, 0.5) is 0 Å². The second kappa shape index (κ2) is 13.2. The fourth-order valence-electron chi connectivity index (χ4n) is 5.36. The number of carbonyl (C=O) groups excluding carboxylic acids is 2. The highest BCUT2D eigenvalue weighted by atomic mass is 16.7.